The van der Waals surface area contributed by atoms with E-state index in [1.165, 1.54) is 13.8 Å². The van der Waals surface area contributed by atoms with Crippen molar-refractivity contribution in [3.05, 3.63) is 0 Å². The first kappa shape index (κ1) is 32.8. The minimum atomic E-state index is -4.26. The molecule has 14 nitrogen and oxygen atoms in total. The van der Waals surface area contributed by atoms with Gasteiger partial charge in [0, 0.05) is 44.5 Å². The van der Waals surface area contributed by atoms with Crippen molar-refractivity contribution in [1.82, 2.24) is 16.0 Å². The van der Waals surface area contributed by atoms with Crippen molar-refractivity contribution in [3.8, 4) is 0 Å². The predicted octanol–water partition coefficient (Wildman–Crippen LogP) is 1.48. The Morgan fingerprint density at radius 1 is 1.08 bits per heavy atom. The van der Waals surface area contributed by atoms with Gasteiger partial charge in [-0.15, -0.1) is 0 Å². The summed E-state index contributed by atoms with van der Waals surface area (Å²) in [6, 6.07) is 0. The Bertz CT molecular complexity index is 897. The normalized spacial score (nSPS) is 20.9. The summed E-state index contributed by atoms with van der Waals surface area (Å²) < 4.78 is 38.1. The largest absolute Gasteiger partial charge is 0.478 e. The molecule has 1 heterocycles. The minimum absolute atomic E-state index is 0.00111. The highest BCUT2D eigenvalue weighted by atomic mass is 32.2. The van der Waals surface area contributed by atoms with E-state index in [0.29, 0.717) is 12.3 Å². The lowest BCUT2D eigenvalue weighted by Crippen LogP contribution is -2.50. The molecule has 0 bridgehead atoms. The zero-order valence-corrected chi connectivity index (χ0v) is 23.6. The van der Waals surface area contributed by atoms with Crippen LogP contribution < -0.4 is 16.0 Å². The monoisotopic (exact) mass is 569 g/mol. The second kappa shape index (κ2) is 14.7. The third-order valence-electron chi connectivity index (χ3n) is 4.64. The first-order valence-corrected chi connectivity index (χ1v) is 13.8. The molecule has 1 rings (SSSR count). The zero-order valence-electron chi connectivity index (χ0n) is 21.9. The second-order valence-corrected chi connectivity index (χ2v) is 12.3. The van der Waals surface area contributed by atoms with E-state index in [0.717, 1.165) is 11.8 Å². The molecule has 0 saturated carbocycles. The number of rotatable bonds is 13. The molecule has 1 aliphatic rings. The van der Waals surface area contributed by atoms with E-state index in [9.17, 15) is 28.5 Å². The van der Waals surface area contributed by atoms with Gasteiger partial charge in [-0.2, -0.15) is 0 Å². The molecule has 2 atom stereocenters. The number of nitrogens with one attached hydrogen (secondary N) is 3. The Hall–Kier alpha value is -2.19. The van der Waals surface area contributed by atoms with E-state index in [1.807, 2.05) is 0 Å². The van der Waals surface area contributed by atoms with E-state index in [1.54, 1.807) is 27.7 Å². The van der Waals surface area contributed by atoms with Gasteiger partial charge in [-0.3, -0.25) is 28.2 Å². The van der Waals surface area contributed by atoms with Crippen LogP contribution in [0, 0.1) is 5.41 Å². The Balaban J connectivity index is 2.50. The fourth-order valence-electron chi connectivity index (χ4n) is 2.73. The van der Waals surface area contributed by atoms with Crippen molar-refractivity contribution in [2.45, 2.75) is 59.6 Å². The van der Waals surface area contributed by atoms with Crippen molar-refractivity contribution in [2.24, 2.45) is 5.41 Å². The van der Waals surface area contributed by atoms with Gasteiger partial charge in [-0.25, -0.2) is 13.9 Å². The summed E-state index contributed by atoms with van der Waals surface area (Å²) in [5, 5.41) is 7.60. The third-order valence-corrected chi connectivity index (χ3v) is 6.79. The van der Waals surface area contributed by atoms with Gasteiger partial charge in [-0.1, -0.05) is 25.6 Å². The predicted molar refractivity (Wildman–Crippen MR) is 132 cm³/mol. The minimum Gasteiger partial charge on any atom is -0.463 e. The van der Waals surface area contributed by atoms with E-state index < -0.39 is 49.6 Å². The summed E-state index contributed by atoms with van der Waals surface area (Å²) in [6.07, 6.45) is -2.18. The molecule has 0 radical (unpaired) electrons. The van der Waals surface area contributed by atoms with Crippen LogP contribution in [-0.4, -0.2) is 79.5 Å². The fraction of sp³-hybridized carbons (Fsp3) is 0.762. The summed E-state index contributed by atoms with van der Waals surface area (Å²) >= 11 is 1.09. The molecule has 1 unspecified atom stereocenters. The Morgan fingerprint density at radius 3 is 2.38 bits per heavy atom. The molecule has 3 amide bonds. The first-order chi connectivity index (χ1) is 17.1. The van der Waals surface area contributed by atoms with Crippen LogP contribution in [0.5, 0.6) is 0 Å². The lowest BCUT2D eigenvalue weighted by atomic mass is 9.87. The van der Waals surface area contributed by atoms with Crippen molar-refractivity contribution in [2.75, 3.05) is 38.8 Å². The number of alkyl carbamates (subject to hydrolysis) is 1. The summed E-state index contributed by atoms with van der Waals surface area (Å²) in [5.41, 5.74) is -1.82. The third kappa shape index (κ3) is 13.3. The van der Waals surface area contributed by atoms with E-state index in [2.05, 4.69) is 16.0 Å². The Morgan fingerprint density at radius 2 is 1.76 bits per heavy atom. The Kier molecular flexibility index (Phi) is 13.0. The van der Waals surface area contributed by atoms with Crippen LogP contribution in [0.1, 0.15) is 48.0 Å². The molecule has 212 valence electrons. The average molecular weight is 570 g/mol. The van der Waals surface area contributed by atoms with Gasteiger partial charge in [0.15, 0.2) is 11.2 Å². The highest BCUT2D eigenvalue weighted by Gasteiger charge is 2.49. The molecule has 1 saturated heterocycles. The maximum Gasteiger partial charge on any atom is 0.478 e. The number of phosphoric ester groups is 1. The van der Waals surface area contributed by atoms with Crippen LogP contribution in [0.25, 0.3) is 0 Å². The number of carbonyl (C=O) groups is 5. The van der Waals surface area contributed by atoms with Crippen LogP contribution in [0.3, 0.4) is 0 Å². The van der Waals surface area contributed by atoms with Gasteiger partial charge >= 0.3 is 19.9 Å². The summed E-state index contributed by atoms with van der Waals surface area (Å²) in [5.74, 6) is -0.995. The van der Waals surface area contributed by atoms with Crippen molar-refractivity contribution in [1.29, 1.82) is 0 Å². The highest BCUT2D eigenvalue weighted by molar-refractivity contribution is 8.13. The number of phosphoric acid groups is 1. The maximum absolute atomic E-state index is 12.9. The molecule has 0 aromatic carbocycles. The van der Waals surface area contributed by atoms with E-state index in [-0.39, 0.29) is 37.2 Å². The number of esters is 1. The van der Waals surface area contributed by atoms with Crippen LogP contribution in [0.15, 0.2) is 0 Å². The number of carbonyl (C=O) groups excluding carboxylic acids is 5. The SMILES string of the molecule is CC(=O)OCC(C)(C)NC(=O)OCOP1(=O)OCC(C)(C)[C@H](C(=O)NCCC(=O)NCCSC(C)=O)O1. The fourth-order valence-corrected chi connectivity index (χ4v) is 4.73. The van der Waals surface area contributed by atoms with Crippen LogP contribution in [0.4, 0.5) is 4.79 Å². The van der Waals surface area contributed by atoms with Crippen LogP contribution in [0.2, 0.25) is 0 Å². The van der Waals surface area contributed by atoms with Crippen LogP contribution in [-0.2, 0) is 46.8 Å². The summed E-state index contributed by atoms with van der Waals surface area (Å²) in [6.45, 7) is 8.44. The van der Waals surface area contributed by atoms with Gasteiger partial charge in [0.2, 0.25) is 18.6 Å². The smallest absolute Gasteiger partial charge is 0.463 e. The lowest BCUT2D eigenvalue weighted by molar-refractivity contribution is -0.143. The van der Waals surface area contributed by atoms with Gasteiger partial charge in [-0.05, 0) is 13.8 Å². The average Bonchev–Trinajstić information content (AvgIpc) is 2.77. The highest BCUT2D eigenvalue weighted by Crippen LogP contribution is 2.57. The number of hydrogen-bond donors (Lipinski definition) is 3. The second-order valence-electron chi connectivity index (χ2n) is 9.39. The standard InChI is InChI=1S/C21H36N3O11PS/c1-14(25)31-12-21(5,6)24-19(29)32-13-34-36(30)33-11-20(3,4)17(35-36)18(28)23-8-7-16(27)22-9-10-37-15(2)26/h17H,7-13H2,1-6H3,(H,22,27)(H,23,28)(H,24,29)/t17-,36?/m0/s1. The first-order valence-electron chi connectivity index (χ1n) is 11.4. The van der Waals surface area contributed by atoms with E-state index in [4.69, 9.17) is 23.0 Å². The van der Waals surface area contributed by atoms with Crippen molar-refractivity contribution < 1.29 is 51.6 Å². The molecular weight excluding hydrogens is 533 g/mol. The van der Waals surface area contributed by atoms with Gasteiger partial charge < -0.3 is 25.4 Å². The van der Waals surface area contributed by atoms with Crippen molar-refractivity contribution >= 4 is 48.6 Å². The van der Waals surface area contributed by atoms with Gasteiger partial charge in [0.05, 0.1) is 12.1 Å². The lowest BCUT2D eigenvalue weighted by Gasteiger charge is -2.39. The number of amides is 3. The molecule has 1 fully saturated rings. The number of ether oxygens (including phenoxy) is 2. The van der Waals surface area contributed by atoms with Gasteiger partial charge in [0.1, 0.15) is 6.61 Å². The molecule has 0 spiro atoms. The number of hydrogen-bond acceptors (Lipinski definition) is 12. The Labute approximate surface area is 220 Å². The van der Waals surface area contributed by atoms with Crippen molar-refractivity contribution in [3.63, 3.8) is 0 Å². The molecule has 0 aliphatic carbocycles. The molecule has 0 aromatic rings. The summed E-state index contributed by atoms with van der Waals surface area (Å²) in [4.78, 5) is 58.3. The zero-order chi connectivity index (χ0) is 28.3. The molecule has 37 heavy (non-hydrogen) atoms. The molecule has 3 N–H and O–H groups in total. The molecular formula is C21H36N3O11PS. The summed E-state index contributed by atoms with van der Waals surface area (Å²) in [7, 11) is -4.26. The molecule has 16 heteroatoms. The topological polar surface area (TPSA) is 185 Å². The number of thioether (sulfide) groups is 1. The van der Waals surface area contributed by atoms with Gasteiger partial charge in [0.25, 0.3) is 0 Å². The maximum atomic E-state index is 12.9. The molecule has 1 aliphatic heterocycles. The van der Waals surface area contributed by atoms with E-state index >= 15 is 0 Å². The van der Waals surface area contributed by atoms with Crippen LogP contribution >= 0.6 is 19.6 Å². The quantitative estimate of drug-likeness (QED) is 0.126. The molecule has 0 aromatic heterocycles.